The van der Waals surface area contributed by atoms with Crippen LogP contribution in [-0.4, -0.2) is 15.2 Å². The van der Waals surface area contributed by atoms with Crippen LogP contribution in [0.15, 0.2) is 35.8 Å². The fourth-order valence-electron chi connectivity index (χ4n) is 1.67. The van der Waals surface area contributed by atoms with Gasteiger partial charge >= 0.3 is 0 Å². The number of aliphatic hydroxyl groups is 1. The first kappa shape index (κ1) is 11.1. The van der Waals surface area contributed by atoms with Crippen molar-refractivity contribution < 1.29 is 10.2 Å². The summed E-state index contributed by atoms with van der Waals surface area (Å²) in [4.78, 5) is 4.15. The Labute approximate surface area is 98.0 Å². The van der Waals surface area contributed by atoms with E-state index in [0.29, 0.717) is 17.0 Å². The second kappa shape index (κ2) is 4.23. The molecular weight excluding hydrogens is 222 g/mol. The van der Waals surface area contributed by atoms with E-state index in [0.717, 1.165) is 0 Å². The van der Waals surface area contributed by atoms with Crippen LogP contribution in [0.4, 0.5) is 0 Å². The van der Waals surface area contributed by atoms with Crippen LogP contribution >= 0.6 is 11.3 Å². The van der Waals surface area contributed by atoms with E-state index in [9.17, 15) is 10.2 Å². The number of rotatable bonds is 3. The van der Waals surface area contributed by atoms with Gasteiger partial charge in [0.15, 0.2) is 0 Å². The second-order valence-corrected chi connectivity index (χ2v) is 4.50. The molecule has 0 spiro atoms. The number of aromatic hydroxyl groups is 1. The molecule has 1 atom stereocenters. The van der Waals surface area contributed by atoms with Crippen molar-refractivity contribution in [3.63, 3.8) is 0 Å². The Morgan fingerprint density at radius 3 is 2.81 bits per heavy atom. The standard InChI is InChI=1S/C12H13NO2S/c1-2-12(15,11-13-6-7-16-11)9-4-3-5-10(14)8-9/h3-8,14-15H,2H2,1H3. The molecule has 0 radical (unpaired) electrons. The minimum Gasteiger partial charge on any atom is -0.508 e. The third-order valence-electron chi connectivity index (χ3n) is 2.62. The summed E-state index contributed by atoms with van der Waals surface area (Å²) in [6, 6.07) is 6.68. The highest BCUT2D eigenvalue weighted by molar-refractivity contribution is 7.09. The normalized spacial score (nSPS) is 14.6. The van der Waals surface area contributed by atoms with Gasteiger partial charge in [0.25, 0.3) is 0 Å². The Hall–Kier alpha value is -1.39. The number of benzene rings is 1. The number of phenolic OH excluding ortho intramolecular Hbond substituents is 1. The van der Waals surface area contributed by atoms with Crippen molar-refractivity contribution in [1.82, 2.24) is 4.98 Å². The lowest BCUT2D eigenvalue weighted by molar-refractivity contribution is 0.0760. The second-order valence-electron chi connectivity index (χ2n) is 3.60. The molecule has 0 saturated carbocycles. The van der Waals surface area contributed by atoms with Crippen molar-refractivity contribution in [2.45, 2.75) is 18.9 Å². The predicted octanol–water partition coefficient (Wildman–Crippen LogP) is 2.49. The Morgan fingerprint density at radius 1 is 1.44 bits per heavy atom. The molecule has 0 aliphatic heterocycles. The fourth-order valence-corrected chi connectivity index (χ4v) is 2.50. The summed E-state index contributed by atoms with van der Waals surface area (Å²) in [5, 5.41) is 22.5. The number of aromatic nitrogens is 1. The van der Waals surface area contributed by atoms with Crippen molar-refractivity contribution >= 4 is 11.3 Å². The van der Waals surface area contributed by atoms with E-state index in [4.69, 9.17) is 0 Å². The molecule has 1 aromatic heterocycles. The minimum absolute atomic E-state index is 0.154. The third kappa shape index (κ3) is 1.81. The summed E-state index contributed by atoms with van der Waals surface area (Å²) in [6.45, 7) is 1.89. The molecule has 4 heteroatoms. The highest BCUT2D eigenvalue weighted by atomic mass is 32.1. The van der Waals surface area contributed by atoms with Gasteiger partial charge < -0.3 is 10.2 Å². The molecule has 0 aliphatic carbocycles. The Kier molecular flexibility index (Phi) is 2.94. The molecule has 16 heavy (non-hydrogen) atoms. The molecular formula is C12H13NO2S. The van der Waals surface area contributed by atoms with Crippen molar-refractivity contribution in [3.05, 3.63) is 46.4 Å². The van der Waals surface area contributed by atoms with E-state index in [1.807, 2.05) is 12.3 Å². The highest BCUT2D eigenvalue weighted by Crippen LogP contribution is 2.35. The number of thiazole rings is 1. The van der Waals surface area contributed by atoms with Gasteiger partial charge in [0.05, 0.1) is 0 Å². The largest absolute Gasteiger partial charge is 0.508 e. The maximum absolute atomic E-state index is 10.6. The molecule has 2 N–H and O–H groups in total. The lowest BCUT2D eigenvalue weighted by atomic mass is 9.91. The minimum atomic E-state index is -1.10. The number of hydrogen-bond acceptors (Lipinski definition) is 4. The molecule has 2 aromatic rings. The van der Waals surface area contributed by atoms with Gasteiger partial charge in [0.2, 0.25) is 0 Å². The van der Waals surface area contributed by atoms with Crippen molar-refractivity contribution in [2.75, 3.05) is 0 Å². The fraction of sp³-hybridized carbons (Fsp3) is 0.250. The number of nitrogens with zero attached hydrogens (tertiary/aromatic N) is 1. The zero-order chi connectivity index (χ0) is 11.6. The van der Waals surface area contributed by atoms with Gasteiger partial charge in [-0.05, 0) is 24.1 Å². The summed E-state index contributed by atoms with van der Waals surface area (Å²) >= 11 is 1.41. The predicted molar refractivity (Wildman–Crippen MR) is 63.5 cm³/mol. The lowest BCUT2D eigenvalue weighted by Gasteiger charge is -2.24. The quantitative estimate of drug-likeness (QED) is 0.859. The van der Waals surface area contributed by atoms with Gasteiger partial charge in [-0.15, -0.1) is 11.3 Å². The zero-order valence-electron chi connectivity index (χ0n) is 8.92. The van der Waals surface area contributed by atoms with Gasteiger partial charge in [-0.2, -0.15) is 0 Å². The van der Waals surface area contributed by atoms with Gasteiger partial charge in [-0.1, -0.05) is 19.1 Å². The molecule has 0 saturated heterocycles. The lowest BCUT2D eigenvalue weighted by Crippen LogP contribution is -2.25. The topological polar surface area (TPSA) is 53.4 Å². The maximum Gasteiger partial charge on any atom is 0.141 e. The van der Waals surface area contributed by atoms with Crippen LogP contribution < -0.4 is 0 Å². The highest BCUT2D eigenvalue weighted by Gasteiger charge is 2.32. The maximum atomic E-state index is 10.6. The van der Waals surface area contributed by atoms with E-state index in [-0.39, 0.29) is 5.75 Å². The molecule has 2 rings (SSSR count). The van der Waals surface area contributed by atoms with Crippen molar-refractivity contribution in [2.24, 2.45) is 0 Å². The van der Waals surface area contributed by atoms with Gasteiger partial charge in [-0.3, -0.25) is 0 Å². The average molecular weight is 235 g/mol. The Morgan fingerprint density at radius 2 is 2.25 bits per heavy atom. The molecule has 84 valence electrons. The summed E-state index contributed by atoms with van der Waals surface area (Å²) in [6.07, 6.45) is 2.19. The van der Waals surface area contributed by atoms with Crippen molar-refractivity contribution in [3.8, 4) is 5.75 Å². The Balaban J connectivity index is 2.50. The zero-order valence-corrected chi connectivity index (χ0v) is 9.74. The van der Waals surface area contributed by atoms with Crippen LogP contribution in [0.25, 0.3) is 0 Å². The average Bonchev–Trinajstić information content (AvgIpc) is 2.82. The molecule has 0 fully saturated rings. The van der Waals surface area contributed by atoms with Crippen LogP contribution in [0, 0.1) is 0 Å². The van der Waals surface area contributed by atoms with Crippen LogP contribution in [0.1, 0.15) is 23.9 Å². The molecule has 0 aliphatic rings. The monoisotopic (exact) mass is 235 g/mol. The Bertz CT molecular complexity index is 470. The van der Waals surface area contributed by atoms with Crippen LogP contribution in [0.3, 0.4) is 0 Å². The van der Waals surface area contributed by atoms with E-state index in [2.05, 4.69) is 4.98 Å². The first-order valence-corrected chi connectivity index (χ1v) is 5.96. The number of hydrogen-bond donors (Lipinski definition) is 2. The van der Waals surface area contributed by atoms with Gasteiger partial charge in [0.1, 0.15) is 16.4 Å². The SMILES string of the molecule is CCC(O)(c1cccc(O)c1)c1nccs1. The van der Waals surface area contributed by atoms with E-state index >= 15 is 0 Å². The summed E-state index contributed by atoms with van der Waals surface area (Å²) in [5.41, 5.74) is -0.433. The third-order valence-corrected chi connectivity index (χ3v) is 3.55. The molecule has 3 nitrogen and oxygen atoms in total. The van der Waals surface area contributed by atoms with Crippen LogP contribution in [0.2, 0.25) is 0 Å². The van der Waals surface area contributed by atoms with Crippen molar-refractivity contribution in [1.29, 1.82) is 0 Å². The van der Waals surface area contributed by atoms with E-state index < -0.39 is 5.60 Å². The van der Waals surface area contributed by atoms with E-state index in [1.165, 1.54) is 11.3 Å². The first-order valence-electron chi connectivity index (χ1n) is 5.08. The van der Waals surface area contributed by atoms with Crippen LogP contribution in [0.5, 0.6) is 5.75 Å². The van der Waals surface area contributed by atoms with E-state index in [1.54, 1.807) is 30.5 Å². The summed E-state index contributed by atoms with van der Waals surface area (Å²) in [5.74, 6) is 0.154. The molecule has 1 aromatic carbocycles. The first-order chi connectivity index (χ1) is 7.66. The smallest absolute Gasteiger partial charge is 0.141 e. The molecule has 0 amide bonds. The van der Waals surface area contributed by atoms with Gasteiger partial charge in [0, 0.05) is 11.6 Å². The number of phenols is 1. The van der Waals surface area contributed by atoms with Crippen LogP contribution in [-0.2, 0) is 5.60 Å². The van der Waals surface area contributed by atoms with Gasteiger partial charge in [-0.25, -0.2) is 4.98 Å². The molecule has 0 bridgehead atoms. The molecule has 1 unspecified atom stereocenters. The summed E-state index contributed by atoms with van der Waals surface area (Å²) < 4.78 is 0. The molecule has 1 heterocycles. The summed E-state index contributed by atoms with van der Waals surface area (Å²) in [7, 11) is 0.